The maximum Gasteiger partial charge on any atom is 0.343 e. The van der Waals surface area contributed by atoms with Crippen molar-refractivity contribution < 1.29 is 9.53 Å². The highest BCUT2D eigenvalue weighted by atomic mass is 32.1. The smallest absolute Gasteiger partial charge is 0.343 e. The minimum Gasteiger partial charge on any atom is -0.462 e. The van der Waals surface area contributed by atoms with Crippen LogP contribution in [0.2, 0.25) is 0 Å². The van der Waals surface area contributed by atoms with Gasteiger partial charge >= 0.3 is 5.97 Å². The molecule has 0 radical (unpaired) electrons. The number of nitrogens with one attached hydrogen (secondary N) is 2. The quantitative estimate of drug-likeness (QED) is 0.352. The zero-order valence-corrected chi connectivity index (χ0v) is 18.4. The fourth-order valence-electron chi connectivity index (χ4n) is 3.25. The highest BCUT2D eigenvalue weighted by Crippen LogP contribution is 2.27. The van der Waals surface area contributed by atoms with Crippen LogP contribution in [0.25, 0.3) is 16.7 Å². The molecule has 0 bridgehead atoms. The number of aryl methyl sites for hydroxylation is 3. The lowest BCUT2D eigenvalue weighted by Gasteiger charge is -2.14. The zero-order chi connectivity index (χ0) is 21.8. The largest absolute Gasteiger partial charge is 0.462 e. The molecule has 8 heteroatoms. The van der Waals surface area contributed by atoms with E-state index >= 15 is 0 Å². The van der Waals surface area contributed by atoms with E-state index in [9.17, 15) is 4.79 Å². The minimum absolute atomic E-state index is 0.258. The first-order chi connectivity index (χ1) is 14.3. The van der Waals surface area contributed by atoms with Crippen LogP contribution >= 0.6 is 12.2 Å². The van der Waals surface area contributed by atoms with Gasteiger partial charge in [0.25, 0.3) is 0 Å². The van der Waals surface area contributed by atoms with Crippen molar-refractivity contribution >= 4 is 40.0 Å². The van der Waals surface area contributed by atoms with Crippen molar-refractivity contribution in [2.75, 3.05) is 18.5 Å². The molecule has 0 atom stereocenters. The van der Waals surface area contributed by atoms with E-state index in [2.05, 4.69) is 41.4 Å². The number of benzene rings is 1. The fourth-order valence-corrected chi connectivity index (χ4v) is 3.43. The molecule has 3 rings (SSSR count). The molecule has 0 aliphatic heterocycles. The van der Waals surface area contributed by atoms with Crippen molar-refractivity contribution in [2.24, 2.45) is 0 Å². The summed E-state index contributed by atoms with van der Waals surface area (Å²) in [7, 11) is 0. The van der Waals surface area contributed by atoms with Crippen LogP contribution in [0.15, 0.2) is 37.1 Å². The first kappa shape index (κ1) is 21.4. The van der Waals surface area contributed by atoms with Crippen LogP contribution in [0.4, 0.5) is 5.82 Å². The third kappa shape index (κ3) is 4.33. The summed E-state index contributed by atoms with van der Waals surface area (Å²) in [4.78, 5) is 17.3. The van der Waals surface area contributed by atoms with E-state index in [1.165, 1.54) is 11.8 Å². The van der Waals surface area contributed by atoms with Gasteiger partial charge < -0.3 is 15.4 Å². The predicted octanol–water partition coefficient (Wildman–Crippen LogP) is 3.99. The van der Waals surface area contributed by atoms with Crippen LogP contribution in [0.1, 0.15) is 34.0 Å². The first-order valence-corrected chi connectivity index (χ1v) is 10.1. The lowest BCUT2D eigenvalue weighted by molar-refractivity contribution is 0.0527. The second-order valence-corrected chi connectivity index (χ2v) is 7.35. The molecule has 0 saturated heterocycles. The molecular weight excluding hydrogens is 398 g/mol. The number of ether oxygens (including phenoxy) is 1. The van der Waals surface area contributed by atoms with E-state index in [0.29, 0.717) is 23.3 Å². The number of fused-ring (bicyclic) bond motifs is 1. The molecule has 2 heterocycles. The van der Waals surface area contributed by atoms with Crippen LogP contribution in [0, 0.1) is 20.8 Å². The van der Waals surface area contributed by atoms with E-state index in [0.717, 1.165) is 22.0 Å². The molecule has 0 unspecified atom stereocenters. The average Bonchev–Trinajstić information content (AvgIpc) is 3.10. The molecule has 0 aliphatic carbocycles. The molecule has 0 aliphatic rings. The van der Waals surface area contributed by atoms with Crippen LogP contribution in [-0.4, -0.2) is 39.0 Å². The molecule has 156 valence electrons. The molecule has 0 spiro atoms. The maximum absolute atomic E-state index is 12.5. The number of rotatable bonds is 6. The number of nitrogens with zero attached hydrogens (tertiary/aromatic N) is 3. The van der Waals surface area contributed by atoms with Gasteiger partial charge in [0.15, 0.2) is 16.7 Å². The number of hydrogen-bond donors (Lipinski definition) is 2. The number of thiocarbonyl (C=S) groups is 1. The topological polar surface area (TPSA) is 81.1 Å². The number of carbonyl (C=O) groups excluding carboxylic acids is 1. The molecule has 0 fully saturated rings. The Balaban J connectivity index is 2.14. The Morgan fingerprint density at radius 3 is 2.73 bits per heavy atom. The van der Waals surface area contributed by atoms with Crippen molar-refractivity contribution in [3.05, 3.63) is 59.3 Å². The molecule has 2 N–H and O–H groups in total. The molecule has 2 aromatic heterocycles. The molecule has 1 aromatic carbocycles. The number of esters is 1. The highest BCUT2D eigenvalue weighted by molar-refractivity contribution is 7.80. The Kier molecular flexibility index (Phi) is 6.47. The number of hydrogen-bond acceptors (Lipinski definition) is 5. The van der Waals surface area contributed by atoms with E-state index in [1.54, 1.807) is 17.7 Å². The van der Waals surface area contributed by atoms with E-state index < -0.39 is 5.97 Å². The number of aromatic nitrogens is 3. The normalized spacial score (nSPS) is 10.7. The SMILES string of the molecule is C=CCNC(=S)Nc1c(C(=O)OCC)cnn1-c1cc(C)c2cc(C)cc(C)c2n1. The third-order valence-corrected chi connectivity index (χ3v) is 4.81. The lowest BCUT2D eigenvalue weighted by atomic mass is 10.0. The summed E-state index contributed by atoms with van der Waals surface area (Å²) in [6, 6.07) is 6.16. The van der Waals surface area contributed by atoms with E-state index in [-0.39, 0.29) is 12.2 Å². The Morgan fingerprint density at radius 1 is 1.27 bits per heavy atom. The second-order valence-electron chi connectivity index (χ2n) is 6.94. The van der Waals surface area contributed by atoms with Crippen molar-refractivity contribution in [3.8, 4) is 5.82 Å². The Hall–Kier alpha value is -3.26. The second kappa shape index (κ2) is 9.04. The van der Waals surface area contributed by atoms with Gasteiger partial charge in [-0.15, -0.1) is 6.58 Å². The number of pyridine rings is 1. The van der Waals surface area contributed by atoms with Crippen molar-refractivity contribution in [1.82, 2.24) is 20.1 Å². The van der Waals surface area contributed by atoms with Gasteiger partial charge in [-0.1, -0.05) is 17.7 Å². The summed E-state index contributed by atoms with van der Waals surface area (Å²) in [5.41, 5.74) is 4.49. The molecule has 30 heavy (non-hydrogen) atoms. The number of carbonyl (C=O) groups is 1. The maximum atomic E-state index is 12.5. The first-order valence-electron chi connectivity index (χ1n) is 9.65. The Bertz CT molecular complexity index is 1140. The van der Waals surface area contributed by atoms with Gasteiger partial charge in [-0.25, -0.2) is 9.78 Å². The molecule has 7 nitrogen and oxygen atoms in total. The van der Waals surface area contributed by atoms with Gasteiger partial charge in [0, 0.05) is 11.9 Å². The Morgan fingerprint density at radius 2 is 2.03 bits per heavy atom. The van der Waals surface area contributed by atoms with Gasteiger partial charge in [-0.3, -0.25) is 0 Å². The van der Waals surface area contributed by atoms with Gasteiger partial charge in [-0.05, 0) is 63.2 Å². The van der Waals surface area contributed by atoms with Crippen molar-refractivity contribution in [3.63, 3.8) is 0 Å². The summed E-state index contributed by atoms with van der Waals surface area (Å²) in [6.07, 6.45) is 3.15. The highest BCUT2D eigenvalue weighted by Gasteiger charge is 2.22. The van der Waals surface area contributed by atoms with Crippen LogP contribution < -0.4 is 10.6 Å². The molecule has 0 amide bonds. The summed E-state index contributed by atoms with van der Waals surface area (Å²) >= 11 is 5.34. The van der Waals surface area contributed by atoms with E-state index in [1.807, 2.05) is 19.9 Å². The third-order valence-electron chi connectivity index (χ3n) is 4.56. The standard InChI is InChI=1S/C22H25N5O2S/c1-6-8-23-22(30)26-20-17(21(28)29-7-2)12-24-27(20)18-11-14(4)16-10-13(3)9-15(5)19(16)25-18/h6,9-12H,1,7-8H2,2-5H3,(H2,23,26,30). The predicted molar refractivity (Wildman–Crippen MR) is 123 cm³/mol. The van der Waals surface area contributed by atoms with Gasteiger partial charge in [0.2, 0.25) is 0 Å². The summed E-state index contributed by atoms with van der Waals surface area (Å²) in [5, 5.41) is 11.9. The summed E-state index contributed by atoms with van der Waals surface area (Å²) < 4.78 is 6.74. The van der Waals surface area contributed by atoms with Crippen molar-refractivity contribution in [2.45, 2.75) is 27.7 Å². The van der Waals surface area contributed by atoms with E-state index in [4.69, 9.17) is 21.9 Å². The van der Waals surface area contributed by atoms with Crippen LogP contribution in [-0.2, 0) is 4.74 Å². The molecular formula is C22H25N5O2S. The summed E-state index contributed by atoms with van der Waals surface area (Å²) in [6.45, 7) is 12.3. The van der Waals surface area contributed by atoms with Crippen LogP contribution in [0.5, 0.6) is 0 Å². The van der Waals surface area contributed by atoms with Gasteiger partial charge in [0.05, 0.1) is 18.3 Å². The molecule has 0 saturated carbocycles. The Labute approximate surface area is 181 Å². The summed E-state index contributed by atoms with van der Waals surface area (Å²) in [5.74, 6) is 0.490. The average molecular weight is 424 g/mol. The van der Waals surface area contributed by atoms with Gasteiger partial charge in [-0.2, -0.15) is 9.78 Å². The zero-order valence-electron chi connectivity index (χ0n) is 17.6. The lowest BCUT2D eigenvalue weighted by Crippen LogP contribution is -2.30. The fraction of sp³-hybridized carbons (Fsp3) is 0.273. The minimum atomic E-state index is -0.484. The van der Waals surface area contributed by atoms with Gasteiger partial charge in [0.1, 0.15) is 5.56 Å². The van der Waals surface area contributed by atoms with Crippen LogP contribution in [0.3, 0.4) is 0 Å². The number of anilines is 1. The monoisotopic (exact) mass is 423 g/mol. The van der Waals surface area contributed by atoms with Crippen molar-refractivity contribution in [1.29, 1.82) is 0 Å². The molecule has 3 aromatic rings.